The fourth-order valence-electron chi connectivity index (χ4n) is 4.25. The second-order valence-electron chi connectivity index (χ2n) is 9.20. The van der Waals surface area contributed by atoms with Crippen LogP contribution in [0, 0.1) is 12.3 Å². The molecule has 1 aromatic heterocycles. The lowest BCUT2D eigenvalue weighted by Gasteiger charge is -2.31. The average molecular weight is 608 g/mol. The van der Waals surface area contributed by atoms with Gasteiger partial charge in [0.2, 0.25) is 24.8 Å². The molecule has 226 valence electrons. The summed E-state index contributed by atoms with van der Waals surface area (Å²) in [6.07, 6.45) is -0.472. The van der Waals surface area contributed by atoms with E-state index in [1.54, 1.807) is 0 Å². The largest absolute Gasteiger partial charge is 0.510 e. The minimum absolute atomic E-state index is 0.560. The summed E-state index contributed by atoms with van der Waals surface area (Å²) in [5.41, 5.74) is -6.24. The molecule has 41 heavy (non-hydrogen) atoms. The van der Waals surface area contributed by atoms with Gasteiger partial charge in [-0.15, -0.1) is 6.42 Å². The van der Waals surface area contributed by atoms with Crippen LogP contribution in [0.15, 0.2) is 21.9 Å². The van der Waals surface area contributed by atoms with Gasteiger partial charge in [0.25, 0.3) is 11.4 Å². The van der Waals surface area contributed by atoms with E-state index >= 15 is 4.39 Å². The number of carbonyl (C=O) groups is 2. The molecule has 3 heterocycles. The highest BCUT2D eigenvalue weighted by atomic mass is 31.2. The van der Waals surface area contributed by atoms with E-state index in [9.17, 15) is 23.7 Å². The number of H-pyrrole nitrogens is 1. The molecule has 1 saturated carbocycles. The first kappa shape index (κ1) is 30.7. The van der Waals surface area contributed by atoms with Crippen molar-refractivity contribution in [3.8, 4) is 12.3 Å². The zero-order chi connectivity index (χ0) is 30.2. The van der Waals surface area contributed by atoms with Crippen LogP contribution in [0.3, 0.4) is 0 Å². The van der Waals surface area contributed by atoms with Crippen LogP contribution in [0.2, 0.25) is 0 Å². The lowest BCUT2D eigenvalue weighted by atomic mass is 9.93. The molecule has 2 aliphatic heterocycles. The lowest BCUT2D eigenvalue weighted by Crippen LogP contribution is -2.50. The molecule has 4 rings (SSSR count). The van der Waals surface area contributed by atoms with Gasteiger partial charge in [-0.1, -0.05) is 5.92 Å². The van der Waals surface area contributed by atoms with Gasteiger partial charge in [0.15, 0.2) is 19.1 Å². The van der Waals surface area contributed by atoms with Crippen LogP contribution in [-0.2, 0) is 51.3 Å². The molecular formula is C22H26FN2O15P. The van der Waals surface area contributed by atoms with Gasteiger partial charge in [0, 0.05) is 12.3 Å². The molecule has 2 saturated heterocycles. The molecule has 0 radical (unpaired) electrons. The van der Waals surface area contributed by atoms with Gasteiger partial charge in [-0.05, 0) is 27.7 Å². The van der Waals surface area contributed by atoms with Crippen molar-refractivity contribution in [2.24, 2.45) is 0 Å². The van der Waals surface area contributed by atoms with Gasteiger partial charge in [-0.25, -0.2) is 32.4 Å². The lowest BCUT2D eigenvalue weighted by molar-refractivity contribution is -0.182. The summed E-state index contributed by atoms with van der Waals surface area (Å²) in [7, 11) is -5.00. The van der Waals surface area contributed by atoms with Crippen molar-refractivity contribution in [3.05, 3.63) is 33.1 Å². The van der Waals surface area contributed by atoms with Gasteiger partial charge < -0.3 is 33.2 Å². The summed E-state index contributed by atoms with van der Waals surface area (Å²) >= 11 is 0. The summed E-state index contributed by atoms with van der Waals surface area (Å²) < 4.78 is 81.0. The van der Waals surface area contributed by atoms with Crippen molar-refractivity contribution in [2.45, 2.75) is 69.3 Å². The fourth-order valence-corrected chi connectivity index (χ4v) is 5.35. The van der Waals surface area contributed by atoms with Crippen LogP contribution < -0.4 is 11.2 Å². The first-order chi connectivity index (χ1) is 19.2. The van der Waals surface area contributed by atoms with Crippen molar-refractivity contribution in [3.63, 3.8) is 0 Å². The normalized spacial score (nSPS) is 29.9. The fraction of sp³-hybridized carbons (Fsp3) is 0.636. The van der Waals surface area contributed by atoms with Crippen LogP contribution >= 0.6 is 7.82 Å². The topological polar surface area (TPSA) is 198 Å². The molecule has 5 atom stereocenters. The highest BCUT2D eigenvalue weighted by Crippen LogP contribution is 2.76. The molecule has 0 bridgehead atoms. The Morgan fingerprint density at radius 1 is 1.15 bits per heavy atom. The Morgan fingerprint density at radius 2 is 1.73 bits per heavy atom. The average Bonchev–Trinajstić information content (AvgIpc) is 3.13. The van der Waals surface area contributed by atoms with E-state index in [1.165, 1.54) is 27.7 Å². The van der Waals surface area contributed by atoms with E-state index in [2.05, 4.69) is 15.4 Å². The molecule has 1 N–H and O–H groups in total. The number of halogens is 1. The highest BCUT2D eigenvalue weighted by molar-refractivity contribution is 7.48. The summed E-state index contributed by atoms with van der Waals surface area (Å²) in [4.78, 5) is 49.2. The van der Waals surface area contributed by atoms with E-state index in [0.29, 0.717) is 0 Å². The predicted octanol–water partition coefficient (Wildman–Crippen LogP) is 1.42. The van der Waals surface area contributed by atoms with Crippen molar-refractivity contribution in [1.29, 1.82) is 0 Å². The maximum atomic E-state index is 16.3. The molecule has 3 fully saturated rings. The number of aromatic nitrogens is 2. The second-order valence-corrected chi connectivity index (χ2v) is 10.8. The molecule has 0 aromatic carbocycles. The van der Waals surface area contributed by atoms with E-state index in [0.717, 1.165) is 16.8 Å². The summed E-state index contributed by atoms with van der Waals surface area (Å²) in [5.74, 6) is -0.788. The van der Waals surface area contributed by atoms with Crippen LogP contribution in [0.1, 0.15) is 33.9 Å². The van der Waals surface area contributed by atoms with Crippen LogP contribution in [0.5, 0.6) is 0 Å². The molecule has 1 aliphatic carbocycles. The Labute approximate surface area is 230 Å². The predicted molar refractivity (Wildman–Crippen MR) is 126 cm³/mol. The third-order valence-electron chi connectivity index (χ3n) is 5.88. The summed E-state index contributed by atoms with van der Waals surface area (Å²) in [6.45, 7) is 3.39. The minimum atomic E-state index is -5.00. The third kappa shape index (κ3) is 5.37. The number of aromatic amines is 1. The third-order valence-corrected chi connectivity index (χ3v) is 7.19. The SMILES string of the molecule is C#C[C@@]12OCO[C@@]13C(OP(=O)(OCOC(=O)OC(C)C)OCOC(=O)OC(C)C)[C@@]3(F)O[C@H]2n1ccc(=O)[nH]c1=O. The molecular weight excluding hydrogens is 582 g/mol. The minimum Gasteiger partial charge on any atom is -0.432 e. The second kappa shape index (κ2) is 11.2. The molecule has 3 aliphatic rings. The number of alkyl halides is 1. The van der Waals surface area contributed by atoms with Crippen molar-refractivity contribution < 1.29 is 65.3 Å². The van der Waals surface area contributed by atoms with Crippen LogP contribution in [0.25, 0.3) is 0 Å². The number of nitrogens with one attached hydrogen (secondary N) is 1. The quantitative estimate of drug-likeness (QED) is 0.164. The van der Waals surface area contributed by atoms with E-state index < -0.39 is 93.4 Å². The number of ether oxygens (including phenoxy) is 7. The Bertz CT molecular complexity index is 1360. The Morgan fingerprint density at radius 3 is 2.24 bits per heavy atom. The number of phosphoric ester groups is 1. The van der Waals surface area contributed by atoms with E-state index in [4.69, 9.17) is 43.7 Å². The van der Waals surface area contributed by atoms with Crippen molar-refractivity contribution in [1.82, 2.24) is 9.55 Å². The number of hydrogen-bond acceptors (Lipinski definition) is 15. The number of carbonyl (C=O) groups excluding carboxylic acids is 2. The summed E-state index contributed by atoms with van der Waals surface area (Å²) in [5, 5.41) is 0. The van der Waals surface area contributed by atoms with Gasteiger partial charge in [0.1, 0.15) is 0 Å². The number of rotatable bonds is 11. The number of terminal acetylenes is 1. The zero-order valence-corrected chi connectivity index (χ0v) is 23.0. The standard InChI is InChI=1S/C22H26FN2O15P/c1-6-20-16(25-8-7-14(26)24-17(25)27)39-22(23)15(21(20,22)34-11-33-20)40-41(30,35-9-31-18(28)37-12(2)3)36-10-32-19(29)38-13(4)5/h1,7-8,12-13,15-16H,9-11H2,2-5H3,(H,24,26,27)/t15?,16-,20+,21+,22-/m1/s1. The van der Waals surface area contributed by atoms with Gasteiger partial charge in [-0.2, -0.15) is 0 Å². The monoisotopic (exact) mass is 608 g/mol. The van der Waals surface area contributed by atoms with Crippen molar-refractivity contribution >= 4 is 20.1 Å². The van der Waals surface area contributed by atoms with Crippen molar-refractivity contribution in [2.75, 3.05) is 20.4 Å². The Hall–Kier alpha value is -3.30. The van der Waals surface area contributed by atoms with Gasteiger partial charge in [0.05, 0.1) is 12.2 Å². The molecule has 19 heteroatoms. The Balaban J connectivity index is 1.56. The smallest absolute Gasteiger partial charge is 0.432 e. The molecule has 1 aromatic rings. The molecule has 0 amide bonds. The van der Waals surface area contributed by atoms with E-state index in [1.807, 2.05) is 4.98 Å². The molecule has 1 spiro atoms. The maximum Gasteiger partial charge on any atom is 0.510 e. The van der Waals surface area contributed by atoms with Crippen LogP contribution in [-0.4, -0.2) is 77.6 Å². The highest BCUT2D eigenvalue weighted by Gasteiger charge is 3.00. The maximum absolute atomic E-state index is 16.3. The van der Waals surface area contributed by atoms with Gasteiger partial charge in [-0.3, -0.25) is 18.9 Å². The first-order valence-electron chi connectivity index (χ1n) is 11.9. The first-order valence-corrected chi connectivity index (χ1v) is 13.4. The zero-order valence-electron chi connectivity index (χ0n) is 22.1. The van der Waals surface area contributed by atoms with E-state index in [-0.39, 0.29) is 0 Å². The number of hydrogen-bond donors (Lipinski definition) is 1. The van der Waals surface area contributed by atoms with Gasteiger partial charge >= 0.3 is 25.8 Å². The number of nitrogens with zero attached hydrogens (tertiary/aromatic N) is 1. The number of phosphoric acid groups is 1. The summed E-state index contributed by atoms with van der Waals surface area (Å²) in [6, 6.07) is 0.963. The van der Waals surface area contributed by atoms with Crippen LogP contribution in [0.4, 0.5) is 14.0 Å². The molecule has 17 nitrogen and oxygen atoms in total. The Kier molecular flexibility index (Phi) is 8.35. The molecule has 1 unspecified atom stereocenters.